The molecule has 0 fully saturated rings. The first-order chi connectivity index (χ1) is 38.8. The molecule has 12 heteroatoms. The number of hydrogen-bond donors (Lipinski definition) is 1. The van der Waals surface area contributed by atoms with Crippen molar-refractivity contribution in [1.29, 1.82) is 0 Å². The number of fused-ring (bicyclic) bond motifs is 21. The molecule has 0 aromatic heterocycles. The van der Waals surface area contributed by atoms with Crippen LogP contribution < -0.4 is 95.4 Å². The highest BCUT2D eigenvalue weighted by Crippen LogP contribution is 2.59. The van der Waals surface area contributed by atoms with Crippen LogP contribution in [0.2, 0.25) is 6.32 Å². The van der Waals surface area contributed by atoms with E-state index in [2.05, 4.69) is 201 Å². The molecule has 0 bridgehead atoms. The fourth-order valence-electron chi connectivity index (χ4n) is 19.5. The van der Waals surface area contributed by atoms with Crippen LogP contribution in [0.15, 0.2) is 164 Å². The third-order valence-corrected chi connectivity index (χ3v) is 21.8. The smallest absolute Gasteiger partial charge is 0.252 e. The molecule has 0 amide bonds. The Balaban J connectivity index is 0.978. The molecule has 0 spiro atoms. The van der Waals surface area contributed by atoms with E-state index in [4.69, 9.17) is 0 Å². The van der Waals surface area contributed by atoms with E-state index in [1.165, 1.54) is 166 Å². The van der Waals surface area contributed by atoms with E-state index in [0.717, 1.165) is 32.1 Å². The third-order valence-electron chi connectivity index (χ3n) is 21.8. The van der Waals surface area contributed by atoms with E-state index in [1.807, 2.05) is 0 Å². The molecule has 1 unspecified atom stereocenters. The Morgan fingerprint density at radius 1 is 0.410 bits per heavy atom. The average molecular weight is 981 g/mol. The van der Waals surface area contributed by atoms with Gasteiger partial charge < -0.3 is 29.8 Å². The standard InChI is InChI=1S/C66H39B6N6/c1-2-15-34-33(14-1)35-16-13-17-36-61(35)78-47(34)28-69-37-18-3-8-23-42(37)76-32-71-38-19-4-9-24-43(38)74-30-68-31-75-44-25-10-6-21-40(44)72-41-22-7-12-27-46(41)77-45-26-11-5-20-39(45)70-29-73-60-49-48-51(63(76)58(69)65(78)54(48)67-36)57(71)62(74)52(49)55(68)53-50(60)56(70)66(77)59(72)64(53)75/h1-27,47,73H,28-32H2. The lowest BCUT2D eigenvalue weighted by atomic mass is 9.28. The van der Waals surface area contributed by atoms with Crippen molar-refractivity contribution in [1.82, 2.24) is 0 Å². The summed E-state index contributed by atoms with van der Waals surface area (Å²) in [7, 11) is 2.68. The molecule has 78 heavy (non-hydrogen) atoms. The van der Waals surface area contributed by atoms with Crippen molar-refractivity contribution < 1.29 is 0 Å². The number of rotatable bonds is 0. The summed E-state index contributed by atoms with van der Waals surface area (Å²) < 4.78 is 0. The maximum atomic E-state index is 4.50. The van der Waals surface area contributed by atoms with Crippen molar-refractivity contribution in [3.63, 3.8) is 0 Å². The number of nitrogens with one attached hydrogen (secondary N) is 1. The average Bonchev–Trinajstić information content (AvgIpc) is 1.92. The van der Waals surface area contributed by atoms with Gasteiger partial charge in [0.15, 0.2) is 7.28 Å². The molecule has 351 valence electrons. The molecule has 11 aromatic carbocycles. The minimum absolute atomic E-state index is 0.125. The summed E-state index contributed by atoms with van der Waals surface area (Å²) in [5.41, 5.74) is 38.9. The lowest BCUT2D eigenvalue weighted by Gasteiger charge is -2.56. The van der Waals surface area contributed by atoms with Crippen LogP contribution in [-0.2, 0) is 0 Å². The molecular weight excluding hydrogens is 942 g/mol. The third kappa shape index (κ3) is 3.89. The maximum absolute atomic E-state index is 4.50. The van der Waals surface area contributed by atoms with Crippen LogP contribution in [0.4, 0.5) is 68.2 Å². The van der Waals surface area contributed by atoms with Gasteiger partial charge in [-0.2, -0.15) is 0 Å². The highest BCUT2D eigenvalue weighted by molar-refractivity contribution is 7.04. The van der Waals surface area contributed by atoms with E-state index >= 15 is 0 Å². The Labute approximate surface area is 452 Å². The molecule has 12 aliphatic heterocycles. The fourth-order valence-corrected chi connectivity index (χ4v) is 19.5. The van der Waals surface area contributed by atoms with Gasteiger partial charge >= 0.3 is 0 Å². The molecule has 23 rings (SSSR count). The summed E-state index contributed by atoms with van der Waals surface area (Å²) in [5, 5.41) is 13.4. The van der Waals surface area contributed by atoms with Crippen LogP contribution in [0.25, 0.3) is 43.4 Å². The quantitative estimate of drug-likeness (QED) is 0.129. The minimum Gasteiger partial charge on any atom is -0.391 e. The molecule has 0 aliphatic carbocycles. The van der Waals surface area contributed by atoms with Crippen LogP contribution in [0.5, 0.6) is 0 Å². The zero-order valence-electron chi connectivity index (χ0n) is 42.4. The van der Waals surface area contributed by atoms with Gasteiger partial charge in [0.25, 0.3) is 6.71 Å². The Hall–Kier alpha value is -8.61. The summed E-state index contributed by atoms with van der Waals surface area (Å²) in [6.45, 7) is 1.02. The van der Waals surface area contributed by atoms with Gasteiger partial charge in [0.05, 0.1) is 6.04 Å². The zero-order chi connectivity index (χ0) is 49.4. The second-order valence-corrected chi connectivity index (χ2v) is 24.6. The Morgan fingerprint density at radius 3 is 1.76 bits per heavy atom. The van der Waals surface area contributed by atoms with E-state index in [9.17, 15) is 0 Å². The van der Waals surface area contributed by atoms with Gasteiger partial charge in [-0.1, -0.05) is 155 Å². The van der Waals surface area contributed by atoms with Crippen LogP contribution in [0, 0.1) is 0 Å². The number of anilines is 12. The summed E-state index contributed by atoms with van der Waals surface area (Å²) in [5.74, 6) is 0. The molecule has 1 atom stereocenters. The van der Waals surface area contributed by atoms with Gasteiger partial charge in [-0.25, -0.2) is 0 Å². The largest absolute Gasteiger partial charge is 0.391 e. The minimum atomic E-state index is 0.125. The van der Waals surface area contributed by atoms with Crippen molar-refractivity contribution in [2.75, 3.05) is 55.6 Å². The van der Waals surface area contributed by atoms with E-state index in [-0.39, 0.29) is 39.6 Å². The van der Waals surface area contributed by atoms with Crippen molar-refractivity contribution in [2.45, 2.75) is 12.4 Å². The SMILES string of the molecule is [B]1c2cccc3c2N2c4c5c6c7c8c9c%10c%11c%12c%13c%14c%15c%16c%12c(c%10c7c41)NCB%16c1ccccc1N%15c1ccccc1B%14c1ccccc1N%13CB%11CN9c1ccccc1B8CN6c1ccccc1B5CC2c1ccccc1-3. The van der Waals surface area contributed by atoms with Gasteiger partial charge in [-0.05, 0) is 96.9 Å². The number of nitrogens with zero attached hydrogens (tertiary/aromatic N) is 5. The normalized spacial score (nSPS) is 18.3. The number of para-hydroxylation sites is 6. The Morgan fingerprint density at radius 2 is 0.974 bits per heavy atom. The van der Waals surface area contributed by atoms with Crippen molar-refractivity contribution >= 4 is 207 Å². The van der Waals surface area contributed by atoms with Crippen molar-refractivity contribution in [3.8, 4) is 11.1 Å². The molecule has 1 radical (unpaired) electrons. The van der Waals surface area contributed by atoms with Gasteiger partial charge in [-0.15, -0.1) is 0 Å². The molecular formula is C66H39B6N6. The predicted molar refractivity (Wildman–Crippen MR) is 334 cm³/mol. The van der Waals surface area contributed by atoms with Crippen LogP contribution in [0.3, 0.4) is 0 Å². The lowest BCUT2D eigenvalue weighted by Crippen LogP contribution is -2.70. The first-order valence-corrected chi connectivity index (χ1v) is 28.7. The molecule has 1 N–H and O–H groups in total. The van der Waals surface area contributed by atoms with E-state index < -0.39 is 0 Å². The summed E-state index contributed by atoms with van der Waals surface area (Å²) >= 11 is 0. The molecule has 0 saturated heterocycles. The fraction of sp³-hybridized carbons (Fsp3) is 0.0909. The maximum Gasteiger partial charge on any atom is 0.252 e. The number of benzene rings is 11. The molecule has 0 saturated carbocycles. The molecule has 11 aromatic rings. The van der Waals surface area contributed by atoms with Crippen molar-refractivity contribution in [2.24, 2.45) is 0 Å². The summed E-state index contributed by atoms with van der Waals surface area (Å²) in [6, 6.07) is 64.2. The van der Waals surface area contributed by atoms with Gasteiger partial charge in [0, 0.05) is 127 Å². The molecule has 12 heterocycles. The molecule has 6 nitrogen and oxygen atoms in total. The Kier molecular flexibility index (Phi) is 6.25. The summed E-state index contributed by atoms with van der Waals surface area (Å²) in [6.07, 6.45) is 4.68. The van der Waals surface area contributed by atoms with Crippen LogP contribution in [-0.4, -0.2) is 66.6 Å². The zero-order valence-corrected chi connectivity index (χ0v) is 42.4. The van der Waals surface area contributed by atoms with E-state index in [1.54, 1.807) is 16.4 Å². The topological polar surface area (TPSA) is 28.2 Å². The lowest BCUT2D eigenvalue weighted by molar-refractivity contribution is 0.755. The van der Waals surface area contributed by atoms with E-state index in [0.29, 0.717) is 0 Å². The highest BCUT2D eigenvalue weighted by Gasteiger charge is 2.58. The highest BCUT2D eigenvalue weighted by atomic mass is 15.2. The van der Waals surface area contributed by atoms with Gasteiger partial charge in [0.2, 0.25) is 26.9 Å². The van der Waals surface area contributed by atoms with Crippen LogP contribution >= 0.6 is 0 Å². The predicted octanol–water partition coefficient (Wildman–Crippen LogP) is 5.11. The first kappa shape index (κ1) is 38.9. The van der Waals surface area contributed by atoms with Gasteiger partial charge in [0.1, 0.15) is 0 Å². The van der Waals surface area contributed by atoms with Crippen molar-refractivity contribution in [3.05, 3.63) is 169 Å². The Bertz CT molecular complexity index is 4920. The first-order valence-electron chi connectivity index (χ1n) is 28.7. The second kappa shape index (κ2) is 12.5. The van der Waals surface area contributed by atoms with Gasteiger partial charge in [-0.3, -0.25) is 0 Å². The summed E-state index contributed by atoms with van der Waals surface area (Å²) in [4.78, 5) is 14.1. The number of hydrogen-bond acceptors (Lipinski definition) is 6. The second-order valence-electron chi connectivity index (χ2n) is 24.6. The monoisotopic (exact) mass is 981 g/mol. The molecule has 12 aliphatic rings. The van der Waals surface area contributed by atoms with Crippen LogP contribution in [0.1, 0.15) is 11.6 Å².